The molecule has 3 heteroatoms. The Labute approximate surface area is 126 Å². The van der Waals surface area contributed by atoms with E-state index in [1.54, 1.807) is 0 Å². The second-order valence-electron chi connectivity index (χ2n) is 5.00. The number of nitrogens with one attached hydrogen (secondary N) is 1. The first-order chi connectivity index (χ1) is 10.2. The first kappa shape index (κ1) is 15.3. The average Bonchev–Trinajstić information content (AvgIpc) is 2.52. The van der Waals surface area contributed by atoms with Crippen molar-refractivity contribution in [1.82, 2.24) is 5.32 Å². The van der Waals surface area contributed by atoms with Gasteiger partial charge < -0.3 is 10.1 Å². The molecule has 2 rings (SSSR count). The van der Waals surface area contributed by atoms with E-state index < -0.39 is 0 Å². The number of amides is 1. The standard InChI is InChI=1S/C18H21NO2/c1-3-21-13-16-8-6-15(7-9-16)12-19-18(20)17-10-4-14(2)5-11-17/h4-11H,3,12-13H2,1-2H3,(H,19,20). The van der Waals surface area contributed by atoms with Crippen molar-refractivity contribution in [2.75, 3.05) is 6.61 Å². The lowest BCUT2D eigenvalue weighted by atomic mass is 10.1. The van der Waals surface area contributed by atoms with Gasteiger partial charge in [0.2, 0.25) is 0 Å². The van der Waals surface area contributed by atoms with E-state index in [1.165, 1.54) is 0 Å². The molecule has 3 nitrogen and oxygen atoms in total. The van der Waals surface area contributed by atoms with Crippen LogP contribution in [0.15, 0.2) is 48.5 Å². The van der Waals surface area contributed by atoms with Gasteiger partial charge in [-0.25, -0.2) is 0 Å². The number of aryl methyl sites for hydroxylation is 1. The molecule has 0 saturated carbocycles. The molecule has 0 aliphatic carbocycles. The van der Waals surface area contributed by atoms with Crippen molar-refractivity contribution in [2.24, 2.45) is 0 Å². The molecule has 0 aliphatic heterocycles. The summed E-state index contributed by atoms with van der Waals surface area (Å²) in [5.41, 5.74) is 4.06. The molecule has 1 amide bonds. The number of benzene rings is 2. The molecule has 0 radical (unpaired) electrons. The Morgan fingerprint density at radius 1 is 1.00 bits per heavy atom. The predicted molar refractivity (Wildman–Crippen MR) is 84.1 cm³/mol. The minimum Gasteiger partial charge on any atom is -0.377 e. The van der Waals surface area contributed by atoms with E-state index in [0.717, 1.165) is 16.7 Å². The first-order valence-corrected chi connectivity index (χ1v) is 7.19. The Hall–Kier alpha value is -2.13. The van der Waals surface area contributed by atoms with Gasteiger partial charge in [0, 0.05) is 18.7 Å². The summed E-state index contributed by atoms with van der Waals surface area (Å²) in [6.45, 7) is 5.86. The van der Waals surface area contributed by atoms with Gasteiger partial charge in [-0.1, -0.05) is 42.0 Å². The zero-order valence-electron chi connectivity index (χ0n) is 12.6. The number of rotatable bonds is 6. The van der Waals surface area contributed by atoms with Crippen LogP contribution in [0.5, 0.6) is 0 Å². The molecule has 1 N–H and O–H groups in total. The van der Waals surface area contributed by atoms with E-state index in [-0.39, 0.29) is 5.91 Å². The zero-order valence-corrected chi connectivity index (χ0v) is 12.6. The van der Waals surface area contributed by atoms with Crippen molar-refractivity contribution in [1.29, 1.82) is 0 Å². The minimum atomic E-state index is -0.0478. The average molecular weight is 283 g/mol. The molecule has 0 saturated heterocycles. The van der Waals surface area contributed by atoms with Crippen LogP contribution in [0.3, 0.4) is 0 Å². The number of carbonyl (C=O) groups is 1. The molecule has 2 aromatic carbocycles. The topological polar surface area (TPSA) is 38.3 Å². The first-order valence-electron chi connectivity index (χ1n) is 7.19. The SMILES string of the molecule is CCOCc1ccc(CNC(=O)c2ccc(C)cc2)cc1. The third-order valence-corrected chi connectivity index (χ3v) is 3.26. The molecule has 0 heterocycles. The van der Waals surface area contributed by atoms with Crippen molar-refractivity contribution >= 4 is 5.91 Å². The largest absolute Gasteiger partial charge is 0.377 e. The van der Waals surface area contributed by atoms with E-state index in [0.29, 0.717) is 25.3 Å². The number of ether oxygens (including phenoxy) is 1. The van der Waals surface area contributed by atoms with Gasteiger partial charge in [-0.15, -0.1) is 0 Å². The summed E-state index contributed by atoms with van der Waals surface area (Å²) in [6.07, 6.45) is 0. The molecule has 110 valence electrons. The highest BCUT2D eigenvalue weighted by molar-refractivity contribution is 5.94. The molecule has 0 aromatic heterocycles. The maximum Gasteiger partial charge on any atom is 0.251 e. The summed E-state index contributed by atoms with van der Waals surface area (Å²) >= 11 is 0. The predicted octanol–water partition coefficient (Wildman–Crippen LogP) is 3.46. The second kappa shape index (κ2) is 7.60. The summed E-state index contributed by atoms with van der Waals surface area (Å²) in [5.74, 6) is -0.0478. The fourth-order valence-corrected chi connectivity index (χ4v) is 1.96. The summed E-state index contributed by atoms with van der Waals surface area (Å²) in [5, 5.41) is 2.93. The highest BCUT2D eigenvalue weighted by Crippen LogP contribution is 2.07. The van der Waals surface area contributed by atoms with Crippen LogP contribution in [0.4, 0.5) is 0 Å². The van der Waals surface area contributed by atoms with Gasteiger partial charge >= 0.3 is 0 Å². The van der Waals surface area contributed by atoms with Gasteiger partial charge in [0.25, 0.3) is 5.91 Å². The third-order valence-electron chi connectivity index (χ3n) is 3.26. The number of hydrogen-bond donors (Lipinski definition) is 1. The third kappa shape index (κ3) is 4.72. The Morgan fingerprint density at radius 3 is 2.24 bits per heavy atom. The van der Waals surface area contributed by atoms with E-state index >= 15 is 0 Å². The van der Waals surface area contributed by atoms with Crippen molar-refractivity contribution < 1.29 is 9.53 Å². The Morgan fingerprint density at radius 2 is 1.62 bits per heavy atom. The molecule has 0 atom stereocenters. The van der Waals surface area contributed by atoms with Gasteiger partial charge in [0.1, 0.15) is 0 Å². The lowest BCUT2D eigenvalue weighted by molar-refractivity contribution is 0.0951. The number of carbonyl (C=O) groups excluding carboxylic acids is 1. The van der Waals surface area contributed by atoms with E-state index in [4.69, 9.17) is 4.74 Å². The van der Waals surface area contributed by atoms with Gasteiger partial charge in [-0.2, -0.15) is 0 Å². The van der Waals surface area contributed by atoms with Crippen LogP contribution in [0.1, 0.15) is 34.0 Å². The molecule has 0 spiro atoms. The molecular formula is C18H21NO2. The van der Waals surface area contributed by atoms with E-state index in [2.05, 4.69) is 5.32 Å². The van der Waals surface area contributed by atoms with Gasteiger partial charge in [-0.3, -0.25) is 4.79 Å². The summed E-state index contributed by atoms with van der Waals surface area (Å²) < 4.78 is 5.36. The van der Waals surface area contributed by atoms with E-state index in [9.17, 15) is 4.79 Å². The fourth-order valence-electron chi connectivity index (χ4n) is 1.96. The molecule has 21 heavy (non-hydrogen) atoms. The van der Waals surface area contributed by atoms with Gasteiger partial charge in [0.15, 0.2) is 0 Å². The molecule has 0 unspecified atom stereocenters. The Kier molecular flexibility index (Phi) is 5.52. The van der Waals surface area contributed by atoms with Crippen molar-refractivity contribution in [2.45, 2.75) is 27.0 Å². The van der Waals surface area contributed by atoms with Crippen LogP contribution in [-0.2, 0) is 17.9 Å². The highest BCUT2D eigenvalue weighted by atomic mass is 16.5. The number of hydrogen-bond acceptors (Lipinski definition) is 2. The molecule has 0 aliphatic rings. The van der Waals surface area contributed by atoms with Crippen LogP contribution in [-0.4, -0.2) is 12.5 Å². The Bertz CT molecular complexity index is 573. The zero-order chi connectivity index (χ0) is 15.1. The smallest absolute Gasteiger partial charge is 0.251 e. The normalized spacial score (nSPS) is 10.4. The summed E-state index contributed by atoms with van der Waals surface area (Å²) in [7, 11) is 0. The van der Waals surface area contributed by atoms with Crippen LogP contribution in [0, 0.1) is 6.92 Å². The lowest BCUT2D eigenvalue weighted by Gasteiger charge is -2.07. The van der Waals surface area contributed by atoms with Crippen LogP contribution < -0.4 is 5.32 Å². The van der Waals surface area contributed by atoms with Crippen molar-refractivity contribution in [3.63, 3.8) is 0 Å². The van der Waals surface area contributed by atoms with Gasteiger partial charge in [-0.05, 0) is 37.1 Å². The fraction of sp³-hybridized carbons (Fsp3) is 0.278. The summed E-state index contributed by atoms with van der Waals surface area (Å²) in [6, 6.07) is 15.7. The lowest BCUT2D eigenvalue weighted by Crippen LogP contribution is -2.22. The van der Waals surface area contributed by atoms with E-state index in [1.807, 2.05) is 62.4 Å². The van der Waals surface area contributed by atoms with Gasteiger partial charge in [0.05, 0.1) is 6.61 Å². The minimum absolute atomic E-state index is 0.0478. The molecule has 0 fully saturated rings. The van der Waals surface area contributed by atoms with Crippen LogP contribution in [0.2, 0.25) is 0 Å². The maximum atomic E-state index is 12.0. The second-order valence-corrected chi connectivity index (χ2v) is 5.00. The molecule has 2 aromatic rings. The quantitative estimate of drug-likeness (QED) is 0.881. The molecular weight excluding hydrogens is 262 g/mol. The summed E-state index contributed by atoms with van der Waals surface area (Å²) in [4.78, 5) is 12.0. The Balaban J connectivity index is 1.87. The maximum absolute atomic E-state index is 12.0. The highest BCUT2D eigenvalue weighted by Gasteiger charge is 2.04. The monoisotopic (exact) mass is 283 g/mol. The van der Waals surface area contributed by atoms with Crippen molar-refractivity contribution in [3.8, 4) is 0 Å². The van der Waals surface area contributed by atoms with Crippen LogP contribution in [0.25, 0.3) is 0 Å². The van der Waals surface area contributed by atoms with Crippen molar-refractivity contribution in [3.05, 3.63) is 70.8 Å². The van der Waals surface area contributed by atoms with Crippen LogP contribution >= 0.6 is 0 Å². The molecule has 0 bridgehead atoms.